The average Bonchev–Trinajstić information content (AvgIpc) is 3.05. The number of halogens is 1. The molecule has 0 saturated heterocycles. The van der Waals surface area contributed by atoms with E-state index in [9.17, 15) is 9.59 Å². The maximum Gasteiger partial charge on any atom is 0.252 e. The van der Waals surface area contributed by atoms with E-state index >= 15 is 0 Å². The number of carbonyl (C=O) groups is 2. The third-order valence-electron chi connectivity index (χ3n) is 4.34. The van der Waals surface area contributed by atoms with Gasteiger partial charge in [-0.05, 0) is 42.5 Å². The Bertz CT molecular complexity index is 759. The van der Waals surface area contributed by atoms with Gasteiger partial charge in [0.2, 0.25) is 5.91 Å². The van der Waals surface area contributed by atoms with E-state index in [2.05, 4.69) is 23.7 Å². The van der Waals surface area contributed by atoms with Gasteiger partial charge in [-0.1, -0.05) is 23.7 Å². The lowest BCUT2D eigenvalue weighted by Crippen LogP contribution is -2.40. The molecule has 0 aliphatic carbocycles. The van der Waals surface area contributed by atoms with Gasteiger partial charge < -0.3 is 10.2 Å². The Balaban J connectivity index is 1.53. The Morgan fingerprint density at radius 2 is 2.12 bits per heavy atom. The van der Waals surface area contributed by atoms with Crippen LogP contribution < -0.4 is 5.32 Å². The highest BCUT2D eigenvalue weighted by molar-refractivity contribution is 7.10. The second-order valence-corrected chi connectivity index (χ2v) is 7.21. The van der Waals surface area contributed by atoms with E-state index in [1.807, 2.05) is 4.90 Å². The molecule has 3 rings (SSSR count). The van der Waals surface area contributed by atoms with Crippen LogP contribution in [0.2, 0.25) is 5.02 Å². The molecule has 0 fully saturated rings. The molecule has 24 heavy (non-hydrogen) atoms. The van der Waals surface area contributed by atoms with Crippen molar-refractivity contribution >= 4 is 34.8 Å². The van der Waals surface area contributed by atoms with Crippen LogP contribution in [0.3, 0.4) is 0 Å². The third kappa shape index (κ3) is 3.47. The minimum atomic E-state index is -0.250. The number of hydrogen-bond donors (Lipinski definition) is 1. The van der Waals surface area contributed by atoms with Gasteiger partial charge in [0.15, 0.2) is 0 Å². The van der Waals surface area contributed by atoms with Crippen molar-refractivity contribution in [1.29, 1.82) is 0 Å². The smallest absolute Gasteiger partial charge is 0.252 e. The van der Waals surface area contributed by atoms with E-state index in [-0.39, 0.29) is 17.9 Å². The van der Waals surface area contributed by atoms with Crippen molar-refractivity contribution in [1.82, 2.24) is 10.2 Å². The molecule has 2 heterocycles. The van der Waals surface area contributed by atoms with Gasteiger partial charge in [-0.15, -0.1) is 11.3 Å². The number of rotatable bonds is 4. The molecule has 1 aliphatic heterocycles. The van der Waals surface area contributed by atoms with Crippen molar-refractivity contribution in [2.75, 3.05) is 13.1 Å². The van der Waals surface area contributed by atoms with Gasteiger partial charge in [0.1, 0.15) is 0 Å². The topological polar surface area (TPSA) is 49.4 Å². The largest absolute Gasteiger partial charge is 0.351 e. The summed E-state index contributed by atoms with van der Waals surface area (Å²) < 4.78 is 0. The number of nitrogens with zero attached hydrogens (tertiary/aromatic N) is 1. The van der Waals surface area contributed by atoms with E-state index in [0.29, 0.717) is 23.6 Å². The molecule has 1 N–H and O–H groups in total. The summed E-state index contributed by atoms with van der Waals surface area (Å²) in [6.07, 6.45) is 1.20. The zero-order valence-corrected chi connectivity index (χ0v) is 15.0. The molecule has 1 aromatic heterocycles. The first kappa shape index (κ1) is 17.0. The summed E-state index contributed by atoms with van der Waals surface area (Å²) in [4.78, 5) is 27.8. The number of benzene rings is 1. The van der Waals surface area contributed by atoms with E-state index in [1.54, 1.807) is 35.6 Å². The monoisotopic (exact) mass is 362 g/mol. The number of fused-ring (bicyclic) bond motifs is 1. The van der Waals surface area contributed by atoms with Gasteiger partial charge in [0.25, 0.3) is 5.91 Å². The molecule has 2 amide bonds. The maximum absolute atomic E-state index is 12.5. The summed E-state index contributed by atoms with van der Waals surface area (Å²) in [5, 5.41) is 5.27. The molecular weight excluding hydrogens is 344 g/mol. The second-order valence-electron chi connectivity index (χ2n) is 5.80. The summed E-state index contributed by atoms with van der Waals surface area (Å²) in [5.41, 5.74) is 1.68. The zero-order chi connectivity index (χ0) is 17.1. The predicted octanol–water partition coefficient (Wildman–Crippen LogP) is 3.67. The molecule has 1 aromatic carbocycles. The van der Waals surface area contributed by atoms with Crippen LogP contribution in [0.25, 0.3) is 0 Å². The Hall–Kier alpha value is -1.85. The second kappa shape index (κ2) is 7.36. The summed E-state index contributed by atoms with van der Waals surface area (Å²) in [7, 11) is 0. The summed E-state index contributed by atoms with van der Waals surface area (Å²) in [6, 6.07) is 9.09. The fourth-order valence-corrected chi connectivity index (χ4v) is 4.20. The molecule has 0 bridgehead atoms. The highest BCUT2D eigenvalue weighted by Gasteiger charge is 2.27. The fraction of sp³-hybridized carbons (Fsp3) is 0.333. The third-order valence-corrected chi connectivity index (χ3v) is 5.67. The van der Waals surface area contributed by atoms with Gasteiger partial charge in [-0.3, -0.25) is 9.59 Å². The van der Waals surface area contributed by atoms with Crippen molar-refractivity contribution in [2.24, 2.45) is 0 Å². The molecule has 0 saturated carbocycles. The SMILES string of the molecule is C[C@@H]1c2ccsc2CCN1C(=O)CCNC(=O)c1ccccc1Cl. The molecule has 1 aliphatic rings. The quantitative estimate of drug-likeness (QED) is 0.902. The summed E-state index contributed by atoms with van der Waals surface area (Å²) >= 11 is 7.76. The minimum Gasteiger partial charge on any atom is -0.351 e. The van der Waals surface area contributed by atoms with Gasteiger partial charge in [-0.25, -0.2) is 0 Å². The molecule has 0 unspecified atom stereocenters. The van der Waals surface area contributed by atoms with Crippen LogP contribution in [0.4, 0.5) is 0 Å². The van der Waals surface area contributed by atoms with Gasteiger partial charge in [-0.2, -0.15) is 0 Å². The van der Waals surface area contributed by atoms with E-state index in [0.717, 1.165) is 13.0 Å². The average molecular weight is 363 g/mol. The maximum atomic E-state index is 12.5. The number of hydrogen-bond acceptors (Lipinski definition) is 3. The number of amides is 2. The first-order valence-corrected chi connectivity index (χ1v) is 9.22. The Morgan fingerprint density at radius 3 is 2.92 bits per heavy atom. The van der Waals surface area contributed by atoms with E-state index in [1.165, 1.54) is 10.4 Å². The van der Waals surface area contributed by atoms with Crippen LogP contribution in [-0.2, 0) is 11.2 Å². The lowest BCUT2D eigenvalue weighted by Gasteiger charge is -2.33. The molecule has 1 atom stereocenters. The highest BCUT2D eigenvalue weighted by Crippen LogP contribution is 2.32. The number of thiophene rings is 1. The Labute approximate surface area is 150 Å². The van der Waals surface area contributed by atoms with Crippen LogP contribution in [0.5, 0.6) is 0 Å². The van der Waals surface area contributed by atoms with E-state index in [4.69, 9.17) is 11.6 Å². The standard InChI is InChI=1S/C18H19ClN2O2S/c1-12-13-8-11-24-16(13)7-10-21(12)17(22)6-9-20-18(23)14-4-2-3-5-15(14)19/h2-5,8,11-12H,6-7,9-10H2,1H3,(H,20,23)/t12-/m1/s1. The molecule has 0 spiro atoms. The van der Waals surface area contributed by atoms with Gasteiger partial charge in [0.05, 0.1) is 16.6 Å². The lowest BCUT2D eigenvalue weighted by atomic mass is 10.0. The van der Waals surface area contributed by atoms with Crippen molar-refractivity contribution in [3.8, 4) is 0 Å². The van der Waals surface area contributed by atoms with Crippen molar-refractivity contribution in [3.05, 3.63) is 56.7 Å². The summed E-state index contributed by atoms with van der Waals surface area (Å²) in [6.45, 7) is 3.11. The normalized spacial score (nSPS) is 16.6. The number of carbonyl (C=O) groups excluding carboxylic acids is 2. The molecule has 4 nitrogen and oxygen atoms in total. The first-order chi connectivity index (χ1) is 11.6. The predicted molar refractivity (Wildman–Crippen MR) is 96.6 cm³/mol. The minimum absolute atomic E-state index is 0.0683. The lowest BCUT2D eigenvalue weighted by molar-refractivity contribution is -0.133. The Morgan fingerprint density at radius 1 is 1.33 bits per heavy atom. The van der Waals surface area contributed by atoms with Crippen LogP contribution in [0.15, 0.2) is 35.7 Å². The highest BCUT2D eigenvalue weighted by atomic mass is 35.5. The van der Waals surface area contributed by atoms with Crippen molar-refractivity contribution in [2.45, 2.75) is 25.8 Å². The van der Waals surface area contributed by atoms with E-state index < -0.39 is 0 Å². The van der Waals surface area contributed by atoms with Crippen molar-refractivity contribution < 1.29 is 9.59 Å². The van der Waals surface area contributed by atoms with Crippen LogP contribution >= 0.6 is 22.9 Å². The fourth-order valence-electron chi connectivity index (χ4n) is 3.02. The molecule has 0 radical (unpaired) electrons. The molecular formula is C18H19ClN2O2S. The molecule has 126 valence electrons. The molecule has 2 aromatic rings. The van der Waals surface area contributed by atoms with Gasteiger partial charge >= 0.3 is 0 Å². The van der Waals surface area contributed by atoms with Crippen molar-refractivity contribution in [3.63, 3.8) is 0 Å². The van der Waals surface area contributed by atoms with Crippen LogP contribution in [0, 0.1) is 0 Å². The van der Waals surface area contributed by atoms with Crippen LogP contribution in [-0.4, -0.2) is 29.8 Å². The van der Waals surface area contributed by atoms with Gasteiger partial charge in [0, 0.05) is 24.4 Å². The molecule has 6 heteroatoms. The zero-order valence-electron chi connectivity index (χ0n) is 13.4. The summed E-state index contributed by atoms with van der Waals surface area (Å²) in [5.74, 6) is -0.181. The van der Waals surface area contributed by atoms with Crippen LogP contribution in [0.1, 0.15) is 40.2 Å². The first-order valence-electron chi connectivity index (χ1n) is 7.96. The number of nitrogens with one attached hydrogen (secondary N) is 1. The Kier molecular flexibility index (Phi) is 5.21.